The van der Waals surface area contributed by atoms with Crippen LogP contribution in [0.5, 0.6) is 5.75 Å². The van der Waals surface area contributed by atoms with E-state index in [2.05, 4.69) is 0 Å². The molecule has 0 spiro atoms. The van der Waals surface area contributed by atoms with Gasteiger partial charge in [-0.25, -0.2) is 0 Å². The summed E-state index contributed by atoms with van der Waals surface area (Å²) in [6, 6.07) is 7.81. The van der Waals surface area contributed by atoms with Crippen LogP contribution < -0.4 is 4.74 Å². The molecule has 0 radical (unpaired) electrons. The summed E-state index contributed by atoms with van der Waals surface area (Å²) in [7, 11) is 0. The van der Waals surface area contributed by atoms with E-state index in [4.69, 9.17) is 9.47 Å². The Hall–Kier alpha value is -1.69. The van der Waals surface area contributed by atoms with Crippen molar-refractivity contribution in [3.8, 4) is 5.75 Å². The molecule has 1 aliphatic rings. The highest BCUT2D eigenvalue weighted by molar-refractivity contribution is 8.00. The first-order valence-corrected chi connectivity index (χ1v) is 9.78. The van der Waals surface area contributed by atoms with Gasteiger partial charge in [0.25, 0.3) is 0 Å². The zero-order valence-corrected chi connectivity index (χ0v) is 16.0. The third kappa shape index (κ3) is 5.66. The number of rotatable bonds is 7. The topological polar surface area (TPSA) is 55.8 Å². The Labute approximate surface area is 154 Å². The molecule has 0 N–H and O–H groups in total. The molecule has 0 bridgehead atoms. The van der Waals surface area contributed by atoms with Crippen LogP contribution in [0.4, 0.5) is 0 Å². The second-order valence-corrected chi connectivity index (χ2v) is 7.43. The van der Waals surface area contributed by atoms with Gasteiger partial charge < -0.3 is 14.4 Å². The lowest BCUT2D eigenvalue weighted by atomic mass is 9.97. The molecule has 138 valence electrons. The number of piperidine rings is 1. The van der Waals surface area contributed by atoms with E-state index in [-0.39, 0.29) is 23.0 Å². The summed E-state index contributed by atoms with van der Waals surface area (Å²) in [5, 5.41) is -0.155. The molecule has 25 heavy (non-hydrogen) atoms. The van der Waals surface area contributed by atoms with Crippen molar-refractivity contribution < 1.29 is 19.1 Å². The van der Waals surface area contributed by atoms with Gasteiger partial charge in [0.2, 0.25) is 5.91 Å². The van der Waals surface area contributed by atoms with Crippen LogP contribution in [0.1, 0.15) is 33.6 Å². The van der Waals surface area contributed by atoms with Gasteiger partial charge in [-0.05, 0) is 57.9 Å². The van der Waals surface area contributed by atoms with Crippen molar-refractivity contribution in [3.05, 3.63) is 24.3 Å². The molecule has 1 heterocycles. The van der Waals surface area contributed by atoms with Crippen LogP contribution in [0.2, 0.25) is 0 Å². The Morgan fingerprint density at radius 2 is 1.80 bits per heavy atom. The Kier molecular flexibility index (Phi) is 7.62. The first-order chi connectivity index (χ1) is 12.0. The SMILES string of the molecule is CCOC(=O)C1CCN(C(=O)C(C)Sc2ccc(OCC)cc2)CC1. The minimum Gasteiger partial charge on any atom is -0.494 e. The molecule has 0 aromatic heterocycles. The van der Waals surface area contributed by atoms with Crippen LogP contribution >= 0.6 is 11.8 Å². The van der Waals surface area contributed by atoms with Gasteiger partial charge in [0.05, 0.1) is 24.4 Å². The summed E-state index contributed by atoms with van der Waals surface area (Å²) in [5.74, 6) is 0.762. The van der Waals surface area contributed by atoms with E-state index >= 15 is 0 Å². The summed E-state index contributed by atoms with van der Waals surface area (Å²) >= 11 is 1.55. The number of carbonyl (C=O) groups is 2. The highest BCUT2D eigenvalue weighted by Crippen LogP contribution is 2.28. The number of hydrogen-bond acceptors (Lipinski definition) is 5. The van der Waals surface area contributed by atoms with E-state index in [1.54, 1.807) is 11.8 Å². The third-order valence-corrected chi connectivity index (χ3v) is 5.32. The monoisotopic (exact) mass is 365 g/mol. The molecule has 1 unspecified atom stereocenters. The second kappa shape index (κ2) is 9.70. The molecule has 6 heteroatoms. The van der Waals surface area contributed by atoms with Crippen molar-refractivity contribution in [2.45, 2.75) is 43.8 Å². The number of amides is 1. The van der Waals surface area contributed by atoms with Crippen LogP contribution in [0.3, 0.4) is 0 Å². The fraction of sp³-hybridized carbons (Fsp3) is 0.579. The highest BCUT2D eigenvalue weighted by Gasteiger charge is 2.30. The van der Waals surface area contributed by atoms with Crippen LogP contribution in [0, 0.1) is 5.92 Å². The molecule has 1 aromatic carbocycles. The Bertz CT molecular complexity index is 567. The summed E-state index contributed by atoms with van der Waals surface area (Å²) in [6.07, 6.45) is 1.37. The van der Waals surface area contributed by atoms with Gasteiger partial charge >= 0.3 is 5.97 Å². The third-order valence-electron chi connectivity index (χ3n) is 4.22. The molecule has 1 saturated heterocycles. The van der Waals surface area contributed by atoms with Crippen LogP contribution in [0.15, 0.2) is 29.2 Å². The Morgan fingerprint density at radius 1 is 1.16 bits per heavy atom. The molecule has 1 amide bonds. The maximum absolute atomic E-state index is 12.6. The first kappa shape index (κ1) is 19.6. The van der Waals surface area contributed by atoms with E-state index < -0.39 is 0 Å². The van der Waals surface area contributed by atoms with Crippen LogP contribution in [-0.4, -0.2) is 48.3 Å². The van der Waals surface area contributed by atoms with Gasteiger partial charge in [0.1, 0.15) is 5.75 Å². The van der Waals surface area contributed by atoms with Gasteiger partial charge in [-0.2, -0.15) is 0 Å². The van der Waals surface area contributed by atoms with Crippen molar-refractivity contribution in [3.63, 3.8) is 0 Å². The van der Waals surface area contributed by atoms with Crippen molar-refractivity contribution >= 4 is 23.6 Å². The van der Waals surface area contributed by atoms with Crippen molar-refractivity contribution in [2.24, 2.45) is 5.92 Å². The molecule has 1 fully saturated rings. The molecule has 0 aliphatic carbocycles. The molecule has 5 nitrogen and oxygen atoms in total. The molecule has 2 rings (SSSR count). The Balaban J connectivity index is 1.83. The van der Waals surface area contributed by atoms with E-state index in [0.717, 1.165) is 10.6 Å². The number of hydrogen-bond donors (Lipinski definition) is 0. The number of nitrogens with zero attached hydrogens (tertiary/aromatic N) is 1. The fourth-order valence-corrected chi connectivity index (χ4v) is 3.84. The molecular formula is C19H27NO4S. The lowest BCUT2D eigenvalue weighted by Crippen LogP contribution is -2.43. The van der Waals surface area contributed by atoms with Gasteiger partial charge in [0.15, 0.2) is 0 Å². The molecular weight excluding hydrogens is 338 g/mol. The first-order valence-electron chi connectivity index (χ1n) is 8.90. The summed E-state index contributed by atoms with van der Waals surface area (Å²) in [4.78, 5) is 27.3. The maximum Gasteiger partial charge on any atom is 0.309 e. The van der Waals surface area contributed by atoms with E-state index in [1.807, 2.05) is 49.9 Å². The van der Waals surface area contributed by atoms with E-state index in [0.29, 0.717) is 39.1 Å². The largest absolute Gasteiger partial charge is 0.494 e. The lowest BCUT2D eigenvalue weighted by Gasteiger charge is -2.32. The number of ether oxygens (including phenoxy) is 2. The average molecular weight is 365 g/mol. The summed E-state index contributed by atoms with van der Waals surface area (Å²) < 4.78 is 10.5. The van der Waals surface area contributed by atoms with E-state index in [1.165, 1.54) is 0 Å². The smallest absolute Gasteiger partial charge is 0.309 e. The molecule has 1 atom stereocenters. The predicted molar refractivity (Wildman–Crippen MR) is 98.9 cm³/mol. The van der Waals surface area contributed by atoms with E-state index in [9.17, 15) is 9.59 Å². The number of benzene rings is 1. The minimum atomic E-state index is -0.155. The average Bonchev–Trinajstić information content (AvgIpc) is 2.63. The minimum absolute atomic E-state index is 0.0712. The van der Waals surface area contributed by atoms with Crippen LogP contribution in [0.25, 0.3) is 0 Å². The van der Waals surface area contributed by atoms with Gasteiger partial charge in [-0.15, -0.1) is 11.8 Å². The number of thioether (sulfide) groups is 1. The lowest BCUT2D eigenvalue weighted by molar-refractivity contribution is -0.151. The molecule has 1 aromatic rings. The Morgan fingerprint density at radius 3 is 2.36 bits per heavy atom. The predicted octanol–water partition coefficient (Wildman–Crippen LogP) is 3.37. The highest BCUT2D eigenvalue weighted by atomic mass is 32.2. The second-order valence-electron chi connectivity index (χ2n) is 6.02. The van der Waals surface area contributed by atoms with Crippen LogP contribution in [-0.2, 0) is 14.3 Å². The number of esters is 1. The van der Waals surface area contributed by atoms with Crippen molar-refractivity contribution in [2.75, 3.05) is 26.3 Å². The standard InChI is InChI=1S/C19H27NO4S/c1-4-23-16-6-8-17(9-7-16)25-14(3)18(21)20-12-10-15(11-13-20)19(22)24-5-2/h6-9,14-15H,4-5,10-13H2,1-3H3. The zero-order chi connectivity index (χ0) is 18.2. The number of carbonyl (C=O) groups excluding carboxylic acids is 2. The van der Waals surface area contributed by atoms with Gasteiger partial charge in [0, 0.05) is 18.0 Å². The van der Waals surface area contributed by atoms with Crippen molar-refractivity contribution in [1.29, 1.82) is 0 Å². The maximum atomic E-state index is 12.6. The van der Waals surface area contributed by atoms with Gasteiger partial charge in [-0.3, -0.25) is 9.59 Å². The molecule has 0 saturated carbocycles. The fourth-order valence-electron chi connectivity index (χ4n) is 2.89. The normalized spacial score (nSPS) is 16.4. The zero-order valence-electron chi connectivity index (χ0n) is 15.2. The van der Waals surface area contributed by atoms with Gasteiger partial charge in [-0.1, -0.05) is 0 Å². The number of likely N-dealkylation sites (tertiary alicyclic amines) is 1. The summed E-state index contributed by atoms with van der Waals surface area (Å²) in [5.41, 5.74) is 0. The quantitative estimate of drug-likeness (QED) is 0.548. The van der Waals surface area contributed by atoms with Crippen molar-refractivity contribution in [1.82, 2.24) is 4.90 Å². The molecule has 1 aliphatic heterocycles. The summed E-state index contributed by atoms with van der Waals surface area (Å²) in [6.45, 7) is 8.00.